The summed E-state index contributed by atoms with van der Waals surface area (Å²) in [5.74, 6) is -1.95. The lowest BCUT2D eigenvalue weighted by atomic mass is 9.62. The molecule has 4 atom stereocenters. The predicted molar refractivity (Wildman–Crippen MR) is 131 cm³/mol. The molecule has 2 fully saturated rings. The van der Waals surface area contributed by atoms with Gasteiger partial charge in [0, 0.05) is 0 Å². The Hall–Kier alpha value is -3.79. The third-order valence-corrected chi connectivity index (χ3v) is 8.25. The van der Waals surface area contributed by atoms with E-state index < -0.39 is 22.7 Å². The van der Waals surface area contributed by atoms with Crippen molar-refractivity contribution in [3.05, 3.63) is 102 Å². The first kappa shape index (κ1) is 20.8. The van der Waals surface area contributed by atoms with Gasteiger partial charge in [0.05, 0.1) is 28.4 Å². The molecule has 0 aromatic heterocycles. The van der Waals surface area contributed by atoms with Gasteiger partial charge in [-0.1, -0.05) is 85.8 Å². The summed E-state index contributed by atoms with van der Waals surface area (Å²) in [4.78, 5) is 43.7. The van der Waals surface area contributed by atoms with Gasteiger partial charge >= 0.3 is 0 Å². The Bertz CT molecular complexity index is 1360. The number of ketones is 1. The topological polar surface area (TPSA) is 54.5 Å². The van der Waals surface area contributed by atoms with Crippen LogP contribution in [0.1, 0.15) is 31.4 Å². The maximum Gasteiger partial charge on any atom is 0.239 e. The first-order valence-electron chi connectivity index (χ1n) is 11.8. The molecule has 3 aromatic carbocycles. The molecule has 0 radical (unpaired) electrons. The van der Waals surface area contributed by atoms with Crippen LogP contribution in [0, 0.1) is 22.7 Å². The number of benzene rings is 3. The maximum atomic E-state index is 14.4. The molecule has 1 aliphatic heterocycles. The van der Waals surface area contributed by atoms with Crippen LogP contribution in [0.4, 0.5) is 5.69 Å². The average molecular weight is 448 g/mol. The minimum Gasteiger partial charge on any atom is -0.298 e. The minimum atomic E-state index is -1.08. The molecule has 2 bridgehead atoms. The van der Waals surface area contributed by atoms with Crippen LogP contribution in [0.25, 0.3) is 11.1 Å². The Balaban J connectivity index is 1.67. The van der Waals surface area contributed by atoms with E-state index in [1.54, 1.807) is 12.1 Å². The van der Waals surface area contributed by atoms with E-state index in [1.165, 1.54) is 4.90 Å². The molecule has 3 aliphatic rings. The molecule has 168 valence electrons. The number of anilines is 1. The Kier molecular flexibility index (Phi) is 4.34. The molecule has 0 spiro atoms. The summed E-state index contributed by atoms with van der Waals surface area (Å²) in [6, 6.07) is 28.8. The molecule has 2 aliphatic carbocycles. The number of allylic oxidation sites excluding steroid dienone is 2. The smallest absolute Gasteiger partial charge is 0.239 e. The Morgan fingerprint density at radius 3 is 1.68 bits per heavy atom. The van der Waals surface area contributed by atoms with Crippen molar-refractivity contribution in [3.63, 3.8) is 0 Å². The molecule has 1 saturated carbocycles. The average Bonchev–Trinajstić information content (AvgIpc) is 3.35. The van der Waals surface area contributed by atoms with Gasteiger partial charge < -0.3 is 0 Å². The lowest BCUT2D eigenvalue weighted by Gasteiger charge is -2.37. The Morgan fingerprint density at radius 1 is 0.676 bits per heavy atom. The van der Waals surface area contributed by atoms with Crippen molar-refractivity contribution < 1.29 is 14.4 Å². The summed E-state index contributed by atoms with van der Waals surface area (Å²) < 4.78 is 0. The standard InChI is InChI=1S/C30H25NO3/c1-3-30-23(20-15-9-5-10-16-20)22(19-13-7-4-8-14-19)29(2,28(30)34)24-25(30)27(33)31(26(24)32)21-17-11-6-12-18-21/h4-18,24-25H,3H2,1-2H3. The zero-order valence-electron chi connectivity index (χ0n) is 19.2. The fourth-order valence-corrected chi connectivity index (χ4v) is 6.96. The molecule has 4 unspecified atom stereocenters. The number of nitrogens with zero attached hydrogens (tertiary/aromatic N) is 1. The van der Waals surface area contributed by atoms with Gasteiger partial charge in [-0.05, 0) is 47.8 Å². The van der Waals surface area contributed by atoms with Crippen LogP contribution in [0.15, 0.2) is 91.0 Å². The number of imide groups is 1. The molecular weight excluding hydrogens is 422 g/mol. The van der Waals surface area contributed by atoms with Crippen molar-refractivity contribution in [2.75, 3.05) is 4.90 Å². The van der Waals surface area contributed by atoms with Gasteiger partial charge in [0.25, 0.3) is 0 Å². The number of fused-ring (bicyclic) bond motifs is 5. The summed E-state index contributed by atoms with van der Waals surface area (Å²) in [5.41, 5.74) is 2.12. The van der Waals surface area contributed by atoms with Gasteiger partial charge in [-0.3, -0.25) is 14.4 Å². The highest BCUT2D eigenvalue weighted by Crippen LogP contribution is 2.74. The van der Waals surface area contributed by atoms with E-state index in [2.05, 4.69) is 0 Å². The van der Waals surface area contributed by atoms with Crippen molar-refractivity contribution >= 4 is 34.4 Å². The first-order chi connectivity index (χ1) is 16.5. The van der Waals surface area contributed by atoms with E-state index in [4.69, 9.17) is 0 Å². The summed E-state index contributed by atoms with van der Waals surface area (Å²) >= 11 is 0. The molecule has 4 nitrogen and oxygen atoms in total. The number of carbonyl (C=O) groups is 3. The number of rotatable bonds is 4. The van der Waals surface area contributed by atoms with Gasteiger partial charge in [0.15, 0.2) is 5.78 Å². The highest BCUT2D eigenvalue weighted by atomic mass is 16.2. The minimum absolute atomic E-state index is 0.00428. The van der Waals surface area contributed by atoms with Gasteiger partial charge in [0.2, 0.25) is 11.8 Å². The normalized spacial score (nSPS) is 29.8. The zero-order valence-corrected chi connectivity index (χ0v) is 19.2. The SMILES string of the molecule is CCC12C(=O)C(C)(C(c3ccccc3)=C1c1ccccc1)C1C(=O)N(c3ccccc3)C(=O)C12. The van der Waals surface area contributed by atoms with Crippen molar-refractivity contribution in [1.29, 1.82) is 0 Å². The molecule has 1 heterocycles. The van der Waals surface area contributed by atoms with Crippen molar-refractivity contribution in [2.45, 2.75) is 20.3 Å². The summed E-state index contributed by atoms with van der Waals surface area (Å²) in [6.45, 7) is 3.86. The lowest BCUT2D eigenvalue weighted by molar-refractivity contribution is -0.134. The Labute approximate surface area is 198 Å². The van der Waals surface area contributed by atoms with E-state index >= 15 is 0 Å². The first-order valence-corrected chi connectivity index (χ1v) is 11.8. The lowest BCUT2D eigenvalue weighted by Crippen LogP contribution is -2.41. The van der Waals surface area contributed by atoms with Crippen molar-refractivity contribution in [1.82, 2.24) is 0 Å². The highest BCUT2D eigenvalue weighted by Gasteiger charge is 2.79. The van der Waals surface area contributed by atoms with Gasteiger partial charge in [-0.2, -0.15) is 0 Å². The van der Waals surface area contributed by atoms with Crippen LogP contribution in [0.5, 0.6) is 0 Å². The van der Waals surface area contributed by atoms with Gasteiger partial charge in [0.1, 0.15) is 0 Å². The second kappa shape index (κ2) is 7.10. The molecule has 3 aromatic rings. The predicted octanol–water partition coefficient (Wildman–Crippen LogP) is 5.40. The van der Waals surface area contributed by atoms with Crippen LogP contribution in [0.2, 0.25) is 0 Å². The molecule has 1 saturated heterocycles. The maximum absolute atomic E-state index is 14.4. The molecule has 4 heteroatoms. The van der Waals surface area contributed by atoms with Crippen LogP contribution >= 0.6 is 0 Å². The number of amides is 2. The Morgan fingerprint density at radius 2 is 1.15 bits per heavy atom. The van der Waals surface area contributed by atoms with Gasteiger partial charge in [-0.15, -0.1) is 0 Å². The third-order valence-electron chi connectivity index (χ3n) is 8.25. The van der Waals surface area contributed by atoms with Crippen LogP contribution in [-0.2, 0) is 14.4 Å². The molecule has 34 heavy (non-hydrogen) atoms. The largest absolute Gasteiger partial charge is 0.298 e. The van der Waals surface area contributed by atoms with E-state index in [0.717, 1.165) is 22.3 Å². The summed E-state index contributed by atoms with van der Waals surface area (Å²) in [6.07, 6.45) is 0.463. The fraction of sp³-hybridized carbons (Fsp3) is 0.233. The highest BCUT2D eigenvalue weighted by molar-refractivity contribution is 6.34. The van der Waals surface area contributed by atoms with Gasteiger partial charge in [-0.25, -0.2) is 4.90 Å². The van der Waals surface area contributed by atoms with Crippen LogP contribution < -0.4 is 4.90 Å². The number of hydrogen-bond acceptors (Lipinski definition) is 3. The monoisotopic (exact) mass is 447 g/mol. The second-order valence-corrected chi connectivity index (χ2v) is 9.64. The van der Waals surface area contributed by atoms with Crippen LogP contribution in [-0.4, -0.2) is 17.6 Å². The number of para-hydroxylation sites is 1. The fourth-order valence-electron chi connectivity index (χ4n) is 6.96. The van der Waals surface area contributed by atoms with Crippen molar-refractivity contribution in [2.24, 2.45) is 22.7 Å². The van der Waals surface area contributed by atoms with E-state index in [0.29, 0.717) is 12.1 Å². The summed E-state index contributed by atoms with van der Waals surface area (Å²) in [7, 11) is 0. The molecule has 2 amide bonds. The number of hydrogen-bond donors (Lipinski definition) is 0. The summed E-state index contributed by atoms with van der Waals surface area (Å²) in [5, 5.41) is 0. The van der Waals surface area contributed by atoms with E-state index in [1.807, 2.05) is 92.7 Å². The molecule has 0 N–H and O–H groups in total. The molecular formula is C30H25NO3. The quantitative estimate of drug-likeness (QED) is 0.503. The van der Waals surface area contributed by atoms with E-state index in [9.17, 15) is 14.4 Å². The van der Waals surface area contributed by atoms with Crippen LogP contribution in [0.3, 0.4) is 0 Å². The number of Topliss-reactive ketones (excluding diaryl/α,β-unsaturated/α-hetero) is 1. The second-order valence-electron chi connectivity index (χ2n) is 9.64. The molecule has 6 rings (SSSR count). The van der Waals surface area contributed by atoms with E-state index in [-0.39, 0.29) is 17.6 Å². The zero-order chi connectivity index (χ0) is 23.7. The number of carbonyl (C=O) groups excluding carboxylic acids is 3. The van der Waals surface area contributed by atoms with Crippen molar-refractivity contribution in [3.8, 4) is 0 Å². The third kappa shape index (κ3) is 2.30.